The van der Waals surface area contributed by atoms with E-state index in [1.807, 2.05) is 19.1 Å². The van der Waals surface area contributed by atoms with Crippen molar-refractivity contribution in [1.82, 2.24) is 10.2 Å². The fraction of sp³-hybridized carbons (Fsp3) is 0.516. The van der Waals surface area contributed by atoms with Crippen molar-refractivity contribution >= 4 is 40.9 Å². The fourth-order valence-electron chi connectivity index (χ4n) is 6.11. The van der Waals surface area contributed by atoms with Crippen LogP contribution in [0.4, 0.5) is 0 Å². The van der Waals surface area contributed by atoms with Gasteiger partial charge in [0.25, 0.3) is 5.91 Å². The molecule has 0 radical (unpaired) electrons. The van der Waals surface area contributed by atoms with Crippen LogP contribution in [0, 0.1) is 12.8 Å². The van der Waals surface area contributed by atoms with Crippen LogP contribution in [0.2, 0.25) is 10.0 Å². The Morgan fingerprint density at radius 1 is 1.10 bits per heavy atom. The van der Waals surface area contributed by atoms with Crippen LogP contribution >= 0.6 is 23.2 Å². The van der Waals surface area contributed by atoms with E-state index in [1.165, 1.54) is 7.11 Å². The number of amides is 1. The summed E-state index contributed by atoms with van der Waals surface area (Å²) in [6.45, 7) is 4.58. The molecule has 220 valence electrons. The first-order valence-corrected chi connectivity index (χ1v) is 15.0. The van der Waals surface area contributed by atoms with Gasteiger partial charge in [-0.1, -0.05) is 29.3 Å². The molecule has 41 heavy (non-hydrogen) atoms. The number of piperidine rings is 1. The van der Waals surface area contributed by atoms with E-state index in [1.54, 1.807) is 18.2 Å². The largest absolute Gasteiger partial charge is 0.490 e. The number of rotatable bonds is 7. The van der Waals surface area contributed by atoms with Crippen molar-refractivity contribution in [3.8, 4) is 11.5 Å². The average Bonchev–Trinajstić information content (AvgIpc) is 2.95. The van der Waals surface area contributed by atoms with Gasteiger partial charge in [-0.2, -0.15) is 0 Å². The highest BCUT2D eigenvalue weighted by molar-refractivity contribution is 6.39. The van der Waals surface area contributed by atoms with E-state index in [-0.39, 0.29) is 35.2 Å². The van der Waals surface area contributed by atoms with Crippen molar-refractivity contribution in [3.63, 3.8) is 0 Å². The number of esters is 1. The third kappa shape index (κ3) is 6.65. The number of Topliss-reactive ketones (excluding diaryl/α,β-unsaturated/α-hetero) is 1. The summed E-state index contributed by atoms with van der Waals surface area (Å²) < 4.78 is 17.8. The van der Waals surface area contributed by atoms with Gasteiger partial charge < -0.3 is 24.4 Å². The number of carbonyl (C=O) groups is 3. The molecule has 10 heteroatoms. The molecule has 1 amide bonds. The summed E-state index contributed by atoms with van der Waals surface area (Å²) in [7, 11) is 1.43. The number of likely N-dealkylation sites (tertiary alicyclic amines) is 1. The molecule has 2 heterocycles. The van der Waals surface area contributed by atoms with Crippen molar-refractivity contribution in [3.05, 3.63) is 57.1 Å². The van der Waals surface area contributed by atoms with Crippen LogP contribution in [0.5, 0.6) is 11.5 Å². The lowest BCUT2D eigenvalue weighted by Gasteiger charge is -2.44. The van der Waals surface area contributed by atoms with Gasteiger partial charge in [0.2, 0.25) is 0 Å². The predicted molar refractivity (Wildman–Crippen MR) is 156 cm³/mol. The number of methoxy groups -OCH3 is 1. The Morgan fingerprint density at radius 2 is 1.78 bits per heavy atom. The Morgan fingerprint density at radius 3 is 2.44 bits per heavy atom. The number of fused-ring (bicyclic) bond motifs is 1. The number of nitrogens with zero attached hydrogens (tertiary/aromatic N) is 1. The maximum absolute atomic E-state index is 13.2. The number of carbonyl (C=O) groups excluding carboxylic acids is 3. The van der Waals surface area contributed by atoms with Crippen molar-refractivity contribution in [2.75, 3.05) is 33.3 Å². The molecule has 0 aromatic heterocycles. The highest BCUT2D eigenvalue weighted by Crippen LogP contribution is 2.42. The Labute approximate surface area is 250 Å². The van der Waals surface area contributed by atoms with Crippen molar-refractivity contribution in [2.45, 2.75) is 63.6 Å². The molecular weight excluding hydrogens is 567 g/mol. The standard InChI is InChI=1S/C31H36Cl2N2O6/c1-19-16-22-25(36)18-31(41-27(22)17-26(19)40-21-8-6-20(7-9-21)30(38)39-2)10-13-35(14-11-31)15-12-34-29(37)28-23(32)4-3-5-24(28)33/h3-5,16-17,20-21H,6-15,18H2,1-2H3,(H,34,37)/t20-,21-. The molecule has 1 spiro atoms. The second-order valence-corrected chi connectivity index (χ2v) is 12.1. The molecule has 0 bridgehead atoms. The molecule has 2 aliphatic heterocycles. The van der Waals surface area contributed by atoms with Crippen LogP contribution < -0.4 is 14.8 Å². The minimum atomic E-state index is -0.542. The van der Waals surface area contributed by atoms with Gasteiger partial charge in [0.05, 0.1) is 46.7 Å². The Balaban J connectivity index is 1.15. The van der Waals surface area contributed by atoms with Gasteiger partial charge in [0.1, 0.15) is 17.1 Å². The van der Waals surface area contributed by atoms with E-state index in [4.69, 9.17) is 37.4 Å². The molecule has 1 N–H and O–H groups in total. The van der Waals surface area contributed by atoms with Gasteiger partial charge >= 0.3 is 5.97 Å². The summed E-state index contributed by atoms with van der Waals surface area (Å²) in [6.07, 6.45) is 4.84. The number of hydrogen-bond acceptors (Lipinski definition) is 7. The lowest BCUT2D eigenvalue weighted by molar-refractivity contribution is -0.147. The summed E-state index contributed by atoms with van der Waals surface area (Å²) in [4.78, 5) is 39.9. The number of benzene rings is 2. The molecule has 2 fully saturated rings. The maximum Gasteiger partial charge on any atom is 0.308 e. The first-order chi connectivity index (χ1) is 19.7. The summed E-state index contributed by atoms with van der Waals surface area (Å²) in [6, 6.07) is 8.74. The van der Waals surface area contributed by atoms with Crippen molar-refractivity contribution < 1.29 is 28.6 Å². The minimum absolute atomic E-state index is 0.0126. The SMILES string of the molecule is COC(=O)[C@H]1CC[C@H](Oc2cc3c(cc2C)C(=O)CC2(CCN(CCNC(=O)c4c(Cl)cccc4Cl)CC2)O3)CC1. The molecular formula is C31H36Cl2N2O6. The molecule has 1 saturated heterocycles. The highest BCUT2D eigenvalue weighted by Gasteiger charge is 2.43. The maximum atomic E-state index is 13.2. The second-order valence-electron chi connectivity index (χ2n) is 11.3. The molecule has 5 rings (SSSR count). The van der Waals surface area contributed by atoms with E-state index >= 15 is 0 Å². The van der Waals surface area contributed by atoms with Crippen LogP contribution in [0.25, 0.3) is 0 Å². The van der Waals surface area contributed by atoms with E-state index in [2.05, 4.69) is 10.2 Å². The first-order valence-electron chi connectivity index (χ1n) is 14.2. The monoisotopic (exact) mass is 602 g/mol. The number of nitrogens with one attached hydrogen (secondary N) is 1. The molecule has 2 aromatic rings. The van der Waals surface area contributed by atoms with E-state index in [0.29, 0.717) is 53.7 Å². The summed E-state index contributed by atoms with van der Waals surface area (Å²) in [5.74, 6) is 0.898. The zero-order valence-corrected chi connectivity index (χ0v) is 25.0. The first kappa shape index (κ1) is 29.7. The number of ketones is 1. The van der Waals surface area contributed by atoms with Crippen molar-refractivity contribution in [2.24, 2.45) is 5.92 Å². The quantitative estimate of drug-likeness (QED) is 0.410. The highest BCUT2D eigenvalue weighted by atomic mass is 35.5. The molecule has 8 nitrogen and oxygen atoms in total. The number of halogens is 2. The third-order valence-corrected chi connectivity index (χ3v) is 9.19. The zero-order valence-electron chi connectivity index (χ0n) is 23.5. The second kappa shape index (κ2) is 12.6. The van der Waals surface area contributed by atoms with Gasteiger partial charge in [-0.15, -0.1) is 0 Å². The summed E-state index contributed by atoms with van der Waals surface area (Å²) in [5, 5.41) is 3.55. The molecule has 0 atom stereocenters. The van der Waals surface area contributed by atoms with E-state index in [0.717, 1.165) is 50.1 Å². The number of ether oxygens (including phenoxy) is 3. The van der Waals surface area contributed by atoms with Gasteiger partial charge in [-0.3, -0.25) is 14.4 Å². The number of hydrogen-bond donors (Lipinski definition) is 1. The summed E-state index contributed by atoms with van der Waals surface area (Å²) in [5.41, 5.74) is 1.26. The topological polar surface area (TPSA) is 94.2 Å². The van der Waals surface area contributed by atoms with E-state index < -0.39 is 5.60 Å². The molecule has 1 aliphatic carbocycles. The molecule has 2 aromatic carbocycles. The minimum Gasteiger partial charge on any atom is -0.490 e. The molecule has 0 unspecified atom stereocenters. The van der Waals surface area contributed by atoms with Gasteiger partial charge in [0, 0.05) is 45.1 Å². The van der Waals surface area contributed by atoms with Gasteiger partial charge in [-0.05, 0) is 56.4 Å². The van der Waals surface area contributed by atoms with Crippen LogP contribution in [0.15, 0.2) is 30.3 Å². The normalized spacial score (nSPS) is 22.0. The van der Waals surface area contributed by atoms with Crippen LogP contribution in [0.1, 0.15) is 71.2 Å². The van der Waals surface area contributed by atoms with Crippen LogP contribution in [-0.4, -0.2) is 67.6 Å². The molecule has 1 saturated carbocycles. The number of aryl methyl sites for hydroxylation is 1. The lowest BCUT2D eigenvalue weighted by Crippen LogP contribution is -2.52. The summed E-state index contributed by atoms with van der Waals surface area (Å²) >= 11 is 12.3. The smallest absolute Gasteiger partial charge is 0.308 e. The Bertz CT molecular complexity index is 1300. The Kier molecular flexibility index (Phi) is 9.12. The molecule has 3 aliphatic rings. The fourth-order valence-corrected chi connectivity index (χ4v) is 6.68. The average molecular weight is 604 g/mol. The van der Waals surface area contributed by atoms with Crippen LogP contribution in [-0.2, 0) is 9.53 Å². The third-order valence-electron chi connectivity index (χ3n) is 8.56. The van der Waals surface area contributed by atoms with Crippen LogP contribution in [0.3, 0.4) is 0 Å². The van der Waals surface area contributed by atoms with E-state index in [9.17, 15) is 14.4 Å². The van der Waals surface area contributed by atoms with Gasteiger partial charge in [0.15, 0.2) is 5.78 Å². The van der Waals surface area contributed by atoms with Gasteiger partial charge in [-0.25, -0.2) is 0 Å². The zero-order chi connectivity index (χ0) is 29.1. The van der Waals surface area contributed by atoms with Crippen molar-refractivity contribution in [1.29, 1.82) is 0 Å². The Hall–Kier alpha value is -2.81. The lowest BCUT2D eigenvalue weighted by atomic mass is 9.82. The predicted octanol–water partition coefficient (Wildman–Crippen LogP) is 5.64.